The van der Waals surface area contributed by atoms with Gasteiger partial charge in [0.05, 0.1) is 30.4 Å². The molecule has 0 bridgehead atoms. The smallest absolute Gasteiger partial charge is 0.308 e. The molecule has 0 saturated heterocycles. The lowest BCUT2D eigenvalue weighted by atomic mass is 9.78. The van der Waals surface area contributed by atoms with E-state index in [4.69, 9.17) is 9.15 Å². The summed E-state index contributed by atoms with van der Waals surface area (Å²) in [4.78, 5) is 11.7. The van der Waals surface area contributed by atoms with Crippen molar-refractivity contribution in [3.8, 4) is 0 Å². The predicted octanol–water partition coefficient (Wildman–Crippen LogP) is 2.41. The summed E-state index contributed by atoms with van der Waals surface area (Å²) in [6.07, 6.45) is 4.26. The predicted molar refractivity (Wildman–Crippen MR) is 78.7 cm³/mol. The van der Waals surface area contributed by atoms with Crippen LogP contribution >= 0.6 is 0 Å². The van der Waals surface area contributed by atoms with E-state index in [0.717, 1.165) is 5.76 Å². The van der Waals surface area contributed by atoms with Crippen LogP contribution in [0.15, 0.2) is 22.8 Å². The molecule has 0 spiro atoms. The third kappa shape index (κ3) is 4.32. The van der Waals surface area contributed by atoms with E-state index in [2.05, 4.69) is 5.32 Å². The molecule has 2 rings (SSSR count). The molecule has 0 aromatic carbocycles. The van der Waals surface area contributed by atoms with Gasteiger partial charge in [0.1, 0.15) is 5.76 Å². The molecule has 1 heterocycles. The van der Waals surface area contributed by atoms with Crippen molar-refractivity contribution in [2.45, 2.75) is 51.2 Å². The first kappa shape index (κ1) is 16.0. The van der Waals surface area contributed by atoms with Gasteiger partial charge in [0.25, 0.3) is 0 Å². The summed E-state index contributed by atoms with van der Waals surface area (Å²) in [6.45, 7) is 4.75. The molecule has 1 aliphatic rings. The molecule has 5 nitrogen and oxygen atoms in total. The maximum absolute atomic E-state index is 11.7. The SMILES string of the molecule is CCOC(=O)C1CCC(O)(CN[C@@H](C)c2ccco2)CC1. The van der Waals surface area contributed by atoms with E-state index < -0.39 is 5.60 Å². The lowest BCUT2D eigenvalue weighted by Crippen LogP contribution is -2.45. The molecule has 5 heteroatoms. The second kappa shape index (κ2) is 7.09. The van der Waals surface area contributed by atoms with Crippen LogP contribution in [0.1, 0.15) is 51.3 Å². The van der Waals surface area contributed by atoms with Crippen molar-refractivity contribution in [3.63, 3.8) is 0 Å². The maximum atomic E-state index is 11.7. The molecule has 2 N–H and O–H groups in total. The van der Waals surface area contributed by atoms with Gasteiger partial charge in [0.2, 0.25) is 0 Å². The molecule has 1 atom stereocenters. The molecule has 1 fully saturated rings. The Kier molecular flexibility index (Phi) is 5.42. The van der Waals surface area contributed by atoms with Gasteiger partial charge in [-0.3, -0.25) is 4.79 Å². The zero-order chi connectivity index (χ0) is 15.3. The van der Waals surface area contributed by atoms with Gasteiger partial charge in [-0.15, -0.1) is 0 Å². The second-order valence-electron chi connectivity index (χ2n) is 5.87. The first-order chi connectivity index (χ1) is 10.0. The molecule has 1 aliphatic carbocycles. The monoisotopic (exact) mass is 295 g/mol. The van der Waals surface area contributed by atoms with Crippen molar-refractivity contribution >= 4 is 5.97 Å². The normalized spacial score (nSPS) is 27.3. The van der Waals surface area contributed by atoms with E-state index in [-0.39, 0.29) is 17.9 Å². The van der Waals surface area contributed by atoms with Crippen LogP contribution in [-0.4, -0.2) is 29.8 Å². The van der Waals surface area contributed by atoms with Crippen LogP contribution in [0.25, 0.3) is 0 Å². The molecule has 0 radical (unpaired) electrons. The van der Waals surface area contributed by atoms with Gasteiger partial charge in [-0.2, -0.15) is 0 Å². The third-order valence-corrected chi connectivity index (χ3v) is 4.24. The number of hydrogen-bond donors (Lipinski definition) is 2. The van der Waals surface area contributed by atoms with Crippen LogP contribution in [-0.2, 0) is 9.53 Å². The van der Waals surface area contributed by atoms with E-state index in [9.17, 15) is 9.90 Å². The lowest BCUT2D eigenvalue weighted by molar-refractivity contribution is -0.151. The van der Waals surface area contributed by atoms with E-state index in [0.29, 0.717) is 38.8 Å². The molecule has 1 saturated carbocycles. The maximum Gasteiger partial charge on any atom is 0.308 e. The molecule has 0 aliphatic heterocycles. The average molecular weight is 295 g/mol. The van der Waals surface area contributed by atoms with Crippen molar-refractivity contribution in [1.82, 2.24) is 5.32 Å². The van der Waals surface area contributed by atoms with E-state index >= 15 is 0 Å². The fourth-order valence-electron chi connectivity index (χ4n) is 2.81. The summed E-state index contributed by atoms with van der Waals surface area (Å²) in [5, 5.41) is 13.9. The van der Waals surface area contributed by atoms with E-state index in [1.807, 2.05) is 26.0 Å². The standard InChI is InChI=1S/C16H25NO4/c1-3-20-15(18)13-6-8-16(19,9-7-13)11-17-12(2)14-5-4-10-21-14/h4-5,10,12-13,17,19H,3,6-9,11H2,1-2H3/t12-,13?,16?/m0/s1. The van der Waals surface area contributed by atoms with Crippen molar-refractivity contribution < 1.29 is 19.1 Å². The molecule has 118 valence electrons. The van der Waals surface area contributed by atoms with Gasteiger partial charge in [0, 0.05) is 6.54 Å². The molecule has 0 amide bonds. The molecule has 21 heavy (non-hydrogen) atoms. The Labute approximate surface area is 125 Å². The van der Waals surface area contributed by atoms with Gasteiger partial charge >= 0.3 is 5.97 Å². The first-order valence-corrected chi connectivity index (χ1v) is 7.70. The highest BCUT2D eigenvalue weighted by atomic mass is 16.5. The number of furan rings is 1. The number of aliphatic hydroxyl groups is 1. The number of nitrogens with one attached hydrogen (secondary N) is 1. The fraction of sp³-hybridized carbons (Fsp3) is 0.688. The van der Waals surface area contributed by atoms with Gasteiger partial charge in [-0.1, -0.05) is 0 Å². The Morgan fingerprint density at radius 1 is 1.57 bits per heavy atom. The number of hydrogen-bond acceptors (Lipinski definition) is 5. The van der Waals surface area contributed by atoms with E-state index in [1.165, 1.54) is 0 Å². The Morgan fingerprint density at radius 3 is 2.86 bits per heavy atom. The Balaban J connectivity index is 1.78. The first-order valence-electron chi connectivity index (χ1n) is 7.70. The van der Waals surface area contributed by atoms with Gasteiger partial charge in [-0.05, 0) is 51.7 Å². The highest BCUT2D eigenvalue weighted by Gasteiger charge is 2.36. The minimum Gasteiger partial charge on any atom is -0.468 e. The van der Waals surface area contributed by atoms with E-state index in [1.54, 1.807) is 6.26 Å². The number of ether oxygens (including phenoxy) is 1. The lowest BCUT2D eigenvalue weighted by Gasteiger charge is -2.36. The quantitative estimate of drug-likeness (QED) is 0.789. The van der Waals surface area contributed by atoms with Crippen LogP contribution in [0.2, 0.25) is 0 Å². The Hall–Kier alpha value is -1.33. The molecular weight excluding hydrogens is 270 g/mol. The summed E-state index contributed by atoms with van der Waals surface area (Å²) in [5.41, 5.74) is -0.746. The second-order valence-corrected chi connectivity index (χ2v) is 5.87. The topological polar surface area (TPSA) is 71.7 Å². The Bertz CT molecular complexity index is 435. The highest BCUT2D eigenvalue weighted by Crippen LogP contribution is 2.32. The van der Waals surface area contributed by atoms with Crippen LogP contribution in [0, 0.1) is 5.92 Å². The van der Waals surface area contributed by atoms with Gasteiger partial charge in [-0.25, -0.2) is 0 Å². The van der Waals surface area contributed by atoms with Gasteiger partial charge < -0.3 is 19.6 Å². The fourth-order valence-corrected chi connectivity index (χ4v) is 2.81. The zero-order valence-corrected chi connectivity index (χ0v) is 12.8. The zero-order valence-electron chi connectivity index (χ0n) is 12.8. The number of rotatable bonds is 6. The highest BCUT2D eigenvalue weighted by molar-refractivity contribution is 5.72. The number of carbonyl (C=O) groups excluding carboxylic acids is 1. The van der Waals surface area contributed by atoms with Crippen molar-refractivity contribution in [3.05, 3.63) is 24.2 Å². The summed E-state index contributed by atoms with van der Waals surface area (Å²) < 4.78 is 10.4. The number of esters is 1. The summed E-state index contributed by atoms with van der Waals surface area (Å²) >= 11 is 0. The molecule has 0 unspecified atom stereocenters. The third-order valence-electron chi connectivity index (χ3n) is 4.24. The molecule has 1 aromatic rings. The van der Waals surface area contributed by atoms with Crippen LogP contribution < -0.4 is 5.32 Å². The minimum atomic E-state index is -0.746. The minimum absolute atomic E-state index is 0.0619. The van der Waals surface area contributed by atoms with Crippen LogP contribution in [0.5, 0.6) is 0 Å². The Morgan fingerprint density at radius 2 is 2.29 bits per heavy atom. The average Bonchev–Trinajstić information content (AvgIpc) is 3.00. The molecule has 1 aromatic heterocycles. The summed E-state index contributed by atoms with van der Waals surface area (Å²) in [5.74, 6) is 0.669. The van der Waals surface area contributed by atoms with Crippen LogP contribution in [0.3, 0.4) is 0 Å². The largest absolute Gasteiger partial charge is 0.468 e. The summed E-state index contributed by atoms with van der Waals surface area (Å²) in [7, 11) is 0. The van der Waals surface area contributed by atoms with Gasteiger partial charge in [0.15, 0.2) is 0 Å². The summed E-state index contributed by atoms with van der Waals surface area (Å²) in [6, 6.07) is 3.83. The number of carbonyl (C=O) groups is 1. The molecular formula is C16H25NO4. The van der Waals surface area contributed by atoms with Crippen LogP contribution in [0.4, 0.5) is 0 Å². The van der Waals surface area contributed by atoms with Crippen molar-refractivity contribution in [2.24, 2.45) is 5.92 Å². The van der Waals surface area contributed by atoms with Crippen molar-refractivity contribution in [1.29, 1.82) is 0 Å². The van der Waals surface area contributed by atoms with Crippen molar-refractivity contribution in [2.75, 3.05) is 13.2 Å².